The van der Waals surface area contributed by atoms with Gasteiger partial charge in [-0.15, -0.1) is 0 Å². The molecule has 3 aliphatic rings. The monoisotopic (exact) mass is 381 g/mol. The van der Waals surface area contributed by atoms with E-state index >= 15 is 0 Å². The van der Waals surface area contributed by atoms with Gasteiger partial charge in [-0.1, -0.05) is 48.6 Å². The van der Waals surface area contributed by atoms with Crippen LogP contribution >= 0.6 is 0 Å². The second-order valence-electron chi connectivity index (χ2n) is 8.79. The average Bonchev–Trinajstić information content (AvgIpc) is 2.83. The zero-order valence-electron chi connectivity index (χ0n) is 17.1. The number of amides is 1. The van der Waals surface area contributed by atoms with Gasteiger partial charge >= 0.3 is 7.12 Å². The maximum atomic E-state index is 12.8. The summed E-state index contributed by atoms with van der Waals surface area (Å²) in [5, 5.41) is 1.50. The lowest BCUT2D eigenvalue weighted by Gasteiger charge is -2.35. The molecule has 5 nitrogen and oxygen atoms in total. The number of nitrogens with zero attached hydrogens (tertiary/aromatic N) is 1. The lowest BCUT2D eigenvalue weighted by atomic mass is 9.78. The first-order valence-corrected chi connectivity index (χ1v) is 10.0. The van der Waals surface area contributed by atoms with E-state index in [2.05, 4.69) is 18.2 Å². The Labute approximate surface area is 167 Å². The summed E-state index contributed by atoms with van der Waals surface area (Å²) in [4.78, 5) is 18.7. The van der Waals surface area contributed by atoms with Crippen LogP contribution in [0.1, 0.15) is 46.1 Å². The number of rotatable bonds is 3. The Morgan fingerprint density at radius 2 is 1.82 bits per heavy atom. The van der Waals surface area contributed by atoms with E-state index < -0.39 is 7.12 Å². The number of fused-ring (bicyclic) bond motifs is 2. The summed E-state index contributed by atoms with van der Waals surface area (Å²) < 4.78 is 12.3. The van der Waals surface area contributed by atoms with Crippen molar-refractivity contribution >= 4 is 18.5 Å². The van der Waals surface area contributed by atoms with Crippen LogP contribution in [0.5, 0.6) is 0 Å². The summed E-state index contributed by atoms with van der Waals surface area (Å²) in [7, 11) is -0.417. The van der Waals surface area contributed by atoms with Crippen molar-refractivity contribution in [3.8, 4) is 0 Å². The number of benzene rings is 1. The van der Waals surface area contributed by atoms with E-state index in [1.165, 1.54) is 5.06 Å². The van der Waals surface area contributed by atoms with Crippen LogP contribution in [-0.4, -0.2) is 35.4 Å². The van der Waals surface area contributed by atoms with Crippen LogP contribution in [0.3, 0.4) is 0 Å². The first kappa shape index (κ1) is 19.4. The third kappa shape index (κ3) is 3.69. The van der Waals surface area contributed by atoms with Crippen molar-refractivity contribution in [1.29, 1.82) is 0 Å². The van der Waals surface area contributed by atoms with Gasteiger partial charge in [-0.2, -0.15) is 0 Å². The second kappa shape index (κ2) is 7.18. The lowest BCUT2D eigenvalue weighted by Crippen LogP contribution is -2.44. The first-order valence-electron chi connectivity index (χ1n) is 10.0. The van der Waals surface area contributed by atoms with Crippen molar-refractivity contribution < 1.29 is 18.9 Å². The predicted molar refractivity (Wildman–Crippen MR) is 109 cm³/mol. The van der Waals surface area contributed by atoms with Gasteiger partial charge in [0.15, 0.2) is 0 Å². The molecule has 0 N–H and O–H groups in total. The summed E-state index contributed by atoms with van der Waals surface area (Å²) in [6, 6.07) is 8.01. The summed E-state index contributed by atoms with van der Waals surface area (Å²) in [6.07, 6.45) is 9.70. The molecule has 6 heteroatoms. The van der Waals surface area contributed by atoms with Crippen LogP contribution in [0.25, 0.3) is 0 Å². The molecule has 2 fully saturated rings. The van der Waals surface area contributed by atoms with Crippen molar-refractivity contribution in [1.82, 2.24) is 5.06 Å². The quantitative estimate of drug-likeness (QED) is 0.596. The Hall–Kier alpha value is -1.89. The SMILES string of the molecule is CC1(C)OB(c2cccc(CN3OC4/C=C\C/C=C\C(C4)C3=O)c2)OC1(C)C. The number of allylic oxidation sites excluding steroid dienone is 2. The van der Waals surface area contributed by atoms with Crippen LogP contribution < -0.4 is 5.46 Å². The van der Waals surface area contributed by atoms with Crippen molar-refractivity contribution in [3.05, 3.63) is 54.1 Å². The number of hydrogen-bond donors (Lipinski definition) is 0. The van der Waals surface area contributed by atoms with Crippen LogP contribution in [0.15, 0.2) is 48.6 Å². The van der Waals surface area contributed by atoms with Gasteiger partial charge < -0.3 is 9.31 Å². The highest BCUT2D eigenvalue weighted by Gasteiger charge is 2.51. The van der Waals surface area contributed by atoms with Gasteiger partial charge in [0.25, 0.3) is 5.91 Å². The maximum Gasteiger partial charge on any atom is 0.494 e. The van der Waals surface area contributed by atoms with E-state index in [0.717, 1.165) is 17.4 Å². The largest absolute Gasteiger partial charge is 0.494 e. The zero-order valence-corrected chi connectivity index (χ0v) is 17.1. The van der Waals surface area contributed by atoms with Gasteiger partial charge in [0.05, 0.1) is 23.7 Å². The summed E-state index contributed by atoms with van der Waals surface area (Å²) >= 11 is 0. The smallest absolute Gasteiger partial charge is 0.399 e. The minimum atomic E-state index is -0.417. The second-order valence-corrected chi connectivity index (χ2v) is 8.79. The standard InChI is InChI=1S/C22H28BNO4/c1-21(2)22(3,4)28-23(27-21)18-11-8-9-16(13-18)15-24-20(25)17-10-6-5-7-12-19(14-17)26-24/h6-13,17,19H,5,14-15H2,1-4H3/b10-6-,12-7-. The van der Waals surface area contributed by atoms with Gasteiger partial charge in [0.2, 0.25) is 0 Å². The van der Waals surface area contributed by atoms with Crippen LogP contribution in [0.2, 0.25) is 0 Å². The van der Waals surface area contributed by atoms with Gasteiger partial charge in [-0.05, 0) is 51.6 Å². The summed E-state index contributed by atoms with van der Waals surface area (Å²) in [5.74, 6) is -0.0983. The molecule has 2 aliphatic heterocycles. The van der Waals surface area contributed by atoms with E-state index in [9.17, 15) is 4.79 Å². The lowest BCUT2D eigenvalue weighted by molar-refractivity contribution is -0.222. The fourth-order valence-electron chi connectivity index (χ4n) is 3.72. The molecule has 1 aromatic rings. The molecule has 1 aromatic carbocycles. The van der Waals surface area contributed by atoms with Gasteiger partial charge in [-0.3, -0.25) is 9.63 Å². The Bertz CT molecular complexity index is 801. The molecular weight excluding hydrogens is 353 g/mol. The third-order valence-corrected chi connectivity index (χ3v) is 6.11. The highest BCUT2D eigenvalue weighted by atomic mass is 16.7. The predicted octanol–water partition coefficient (Wildman–Crippen LogP) is 3.15. The van der Waals surface area contributed by atoms with Gasteiger partial charge in [0.1, 0.15) is 6.10 Å². The summed E-state index contributed by atoms with van der Waals surface area (Å²) in [5.41, 5.74) is 1.18. The third-order valence-electron chi connectivity index (χ3n) is 6.11. The normalized spacial score (nSPS) is 30.6. The summed E-state index contributed by atoms with van der Waals surface area (Å²) in [6.45, 7) is 8.58. The van der Waals surface area contributed by atoms with E-state index in [1.54, 1.807) is 0 Å². The molecule has 2 heterocycles. The molecule has 28 heavy (non-hydrogen) atoms. The van der Waals surface area contributed by atoms with Gasteiger partial charge in [-0.25, -0.2) is 5.06 Å². The molecular formula is C22H28BNO4. The molecule has 0 saturated carbocycles. The Kier molecular flexibility index (Phi) is 4.98. The van der Waals surface area contributed by atoms with Crippen molar-refractivity contribution in [2.45, 2.75) is 64.4 Å². The average molecular weight is 381 g/mol. The fourth-order valence-corrected chi connectivity index (χ4v) is 3.72. The van der Waals surface area contributed by atoms with Crippen LogP contribution in [-0.2, 0) is 25.5 Å². The maximum absolute atomic E-state index is 12.8. The van der Waals surface area contributed by atoms with Crippen LogP contribution in [0, 0.1) is 5.92 Å². The van der Waals surface area contributed by atoms with Crippen molar-refractivity contribution in [2.75, 3.05) is 0 Å². The molecule has 2 atom stereocenters. The molecule has 148 valence electrons. The zero-order chi connectivity index (χ0) is 19.9. The highest BCUT2D eigenvalue weighted by molar-refractivity contribution is 6.62. The molecule has 2 saturated heterocycles. The molecule has 0 aromatic heterocycles. The molecule has 0 radical (unpaired) electrons. The Balaban J connectivity index is 1.51. The van der Waals surface area contributed by atoms with Crippen molar-refractivity contribution in [3.63, 3.8) is 0 Å². The molecule has 0 spiro atoms. The topological polar surface area (TPSA) is 48.0 Å². The van der Waals surface area contributed by atoms with Crippen LogP contribution in [0.4, 0.5) is 0 Å². The van der Waals surface area contributed by atoms with E-state index in [-0.39, 0.29) is 29.1 Å². The number of carbonyl (C=O) groups is 1. The number of hydroxylamine groups is 2. The molecule has 4 rings (SSSR count). The molecule has 2 bridgehead atoms. The number of carbonyl (C=O) groups excluding carboxylic acids is 1. The fraction of sp³-hybridized carbons (Fsp3) is 0.500. The van der Waals surface area contributed by atoms with E-state index in [4.69, 9.17) is 14.1 Å². The highest BCUT2D eigenvalue weighted by Crippen LogP contribution is 2.36. The minimum absolute atomic E-state index is 0.0174. The molecule has 1 aliphatic carbocycles. The van der Waals surface area contributed by atoms with Gasteiger partial charge in [0, 0.05) is 0 Å². The number of hydrogen-bond acceptors (Lipinski definition) is 4. The minimum Gasteiger partial charge on any atom is -0.399 e. The Morgan fingerprint density at radius 3 is 2.57 bits per heavy atom. The molecule has 1 amide bonds. The van der Waals surface area contributed by atoms with E-state index in [1.807, 2.05) is 58.0 Å². The Morgan fingerprint density at radius 1 is 1.11 bits per heavy atom. The van der Waals surface area contributed by atoms with Crippen molar-refractivity contribution in [2.24, 2.45) is 5.92 Å². The first-order chi connectivity index (χ1) is 13.2. The van der Waals surface area contributed by atoms with E-state index in [0.29, 0.717) is 13.0 Å². The molecule has 2 unspecified atom stereocenters.